The van der Waals surface area contributed by atoms with Crippen molar-refractivity contribution >= 4 is 5.91 Å². The lowest BCUT2D eigenvalue weighted by atomic mass is 10.3. The van der Waals surface area contributed by atoms with Gasteiger partial charge in [0.25, 0.3) is 0 Å². The third-order valence-electron chi connectivity index (χ3n) is 2.21. The lowest BCUT2D eigenvalue weighted by Gasteiger charge is -2.13. The van der Waals surface area contributed by atoms with Gasteiger partial charge in [-0.2, -0.15) is 0 Å². The summed E-state index contributed by atoms with van der Waals surface area (Å²) in [4.78, 5) is 10.9. The molecule has 0 heterocycles. The van der Waals surface area contributed by atoms with Gasteiger partial charge in [0.1, 0.15) is 12.7 Å². The Morgan fingerprint density at radius 1 is 1.50 bits per heavy atom. The van der Waals surface area contributed by atoms with E-state index in [1.165, 1.54) is 19.2 Å². The molecule has 1 rings (SSSR count). The first-order valence-electron chi connectivity index (χ1n) is 5.60. The van der Waals surface area contributed by atoms with Gasteiger partial charge in [-0.25, -0.2) is 4.39 Å². The topological polar surface area (TPSA) is 70.6 Å². The Labute approximate surface area is 105 Å². The minimum absolute atomic E-state index is 0.0400. The van der Waals surface area contributed by atoms with E-state index in [4.69, 9.17) is 4.74 Å². The van der Waals surface area contributed by atoms with Gasteiger partial charge in [-0.05, 0) is 12.1 Å². The van der Waals surface area contributed by atoms with Crippen LogP contribution < -0.4 is 15.4 Å². The highest BCUT2D eigenvalue weighted by Crippen LogP contribution is 2.15. The first-order chi connectivity index (χ1) is 8.63. The molecule has 0 aliphatic carbocycles. The number of rotatable bonds is 7. The summed E-state index contributed by atoms with van der Waals surface area (Å²) in [7, 11) is 1.53. The number of nitrogens with one attached hydrogen (secondary N) is 2. The van der Waals surface area contributed by atoms with Gasteiger partial charge in [0, 0.05) is 13.6 Å². The van der Waals surface area contributed by atoms with E-state index < -0.39 is 11.9 Å². The number of aliphatic hydroxyl groups is 1. The van der Waals surface area contributed by atoms with E-state index in [1.54, 1.807) is 12.1 Å². The second kappa shape index (κ2) is 7.62. The Hall–Kier alpha value is -1.66. The molecule has 0 saturated heterocycles. The van der Waals surface area contributed by atoms with Crippen molar-refractivity contribution in [3.8, 4) is 5.75 Å². The highest BCUT2D eigenvalue weighted by molar-refractivity contribution is 5.77. The Bertz CT molecular complexity index is 387. The average Bonchev–Trinajstić information content (AvgIpc) is 2.37. The van der Waals surface area contributed by atoms with E-state index in [0.29, 0.717) is 0 Å². The number of benzene rings is 1. The fourth-order valence-corrected chi connectivity index (χ4v) is 1.25. The summed E-state index contributed by atoms with van der Waals surface area (Å²) >= 11 is 0. The van der Waals surface area contributed by atoms with Gasteiger partial charge in [-0.15, -0.1) is 0 Å². The van der Waals surface area contributed by atoms with Gasteiger partial charge in [0.05, 0.1) is 6.54 Å². The summed E-state index contributed by atoms with van der Waals surface area (Å²) in [5, 5.41) is 14.7. The quantitative estimate of drug-likeness (QED) is 0.637. The maximum atomic E-state index is 13.2. The van der Waals surface area contributed by atoms with E-state index in [1.807, 2.05) is 0 Å². The van der Waals surface area contributed by atoms with E-state index >= 15 is 0 Å². The Kier molecular flexibility index (Phi) is 6.10. The molecular formula is C12H17FN2O3. The second-order valence-electron chi connectivity index (χ2n) is 3.70. The smallest absolute Gasteiger partial charge is 0.233 e. The van der Waals surface area contributed by atoms with Crippen molar-refractivity contribution in [3.63, 3.8) is 0 Å². The number of ether oxygens (including phenoxy) is 1. The summed E-state index contributed by atoms with van der Waals surface area (Å²) in [6.07, 6.45) is -0.811. The Morgan fingerprint density at radius 2 is 2.22 bits per heavy atom. The number of likely N-dealkylation sites (N-methyl/N-ethyl adjacent to an activating group) is 1. The number of hydrogen-bond acceptors (Lipinski definition) is 4. The van der Waals surface area contributed by atoms with Crippen molar-refractivity contribution in [1.29, 1.82) is 0 Å². The van der Waals surface area contributed by atoms with Crippen molar-refractivity contribution in [2.24, 2.45) is 0 Å². The van der Waals surface area contributed by atoms with Gasteiger partial charge >= 0.3 is 0 Å². The van der Waals surface area contributed by atoms with Gasteiger partial charge < -0.3 is 20.5 Å². The third kappa shape index (κ3) is 5.11. The molecule has 0 saturated carbocycles. The number of carbonyl (C=O) groups is 1. The highest BCUT2D eigenvalue weighted by Gasteiger charge is 2.08. The first-order valence-corrected chi connectivity index (χ1v) is 5.60. The first kappa shape index (κ1) is 14.4. The fourth-order valence-electron chi connectivity index (χ4n) is 1.25. The van der Waals surface area contributed by atoms with Crippen LogP contribution in [0.1, 0.15) is 0 Å². The Morgan fingerprint density at radius 3 is 2.89 bits per heavy atom. The SMILES string of the molecule is CNC(=O)CNCC(O)COc1ccccc1F. The molecule has 0 spiro atoms. The van der Waals surface area contributed by atoms with Crippen LogP contribution in [0.25, 0.3) is 0 Å². The molecule has 0 aromatic heterocycles. The van der Waals surface area contributed by atoms with Crippen molar-refractivity contribution in [2.45, 2.75) is 6.10 Å². The van der Waals surface area contributed by atoms with Crippen LogP contribution in [0.3, 0.4) is 0 Å². The van der Waals surface area contributed by atoms with Crippen LogP contribution in [0.4, 0.5) is 4.39 Å². The molecule has 5 nitrogen and oxygen atoms in total. The van der Waals surface area contributed by atoms with Gasteiger partial charge in [-0.1, -0.05) is 12.1 Å². The minimum Gasteiger partial charge on any atom is -0.488 e. The minimum atomic E-state index is -0.811. The van der Waals surface area contributed by atoms with Crippen LogP contribution in [0.2, 0.25) is 0 Å². The van der Waals surface area contributed by atoms with E-state index in [-0.39, 0.29) is 31.4 Å². The number of para-hydroxylation sites is 1. The molecule has 100 valence electrons. The zero-order valence-corrected chi connectivity index (χ0v) is 10.1. The molecule has 3 N–H and O–H groups in total. The lowest BCUT2D eigenvalue weighted by Crippen LogP contribution is -2.37. The van der Waals surface area contributed by atoms with Gasteiger partial charge in [0.2, 0.25) is 5.91 Å². The van der Waals surface area contributed by atoms with Crippen molar-refractivity contribution in [3.05, 3.63) is 30.1 Å². The molecule has 0 aliphatic heterocycles. The largest absolute Gasteiger partial charge is 0.488 e. The number of amides is 1. The zero-order chi connectivity index (χ0) is 13.4. The van der Waals surface area contributed by atoms with E-state index in [2.05, 4.69) is 10.6 Å². The molecule has 6 heteroatoms. The van der Waals surface area contributed by atoms with Crippen LogP contribution in [0.15, 0.2) is 24.3 Å². The summed E-state index contributed by atoms with van der Waals surface area (Å²) in [5.74, 6) is -0.539. The number of aliphatic hydroxyl groups excluding tert-OH is 1. The normalized spacial score (nSPS) is 11.9. The molecule has 1 aromatic carbocycles. The van der Waals surface area contributed by atoms with Gasteiger partial charge in [-0.3, -0.25) is 4.79 Å². The van der Waals surface area contributed by atoms with E-state index in [9.17, 15) is 14.3 Å². The van der Waals surface area contributed by atoms with Gasteiger partial charge in [0.15, 0.2) is 11.6 Å². The standard InChI is InChI=1S/C12H17FN2O3/c1-14-12(17)7-15-6-9(16)8-18-11-5-3-2-4-10(11)13/h2-5,9,15-16H,6-8H2,1H3,(H,14,17). The predicted octanol–water partition coefficient (Wildman–Crippen LogP) is -0.0990. The van der Waals surface area contributed by atoms with Crippen LogP contribution in [-0.2, 0) is 4.79 Å². The molecule has 0 fully saturated rings. The van der Waals surface area contributed by atoms with Crippen LogP contribution in [0, 0.1) is 5.82 Å². The molecule has 1 aromatic rings. The molecule has 1 unspecified atom stereocenters. The third-order valence-corrected chi connectivity index (χ3v) is 2.21. The monoisotopic (exact) mass is 256 g/mol. The number of hydrogen-bond donors (Lipinski definition) is 3. The molecule has 18 heavy (non-hydrogen) atoms. The molecule has 0 bridgehead atoms. The van der Waals surface area contributed by atoms with Crippen molar-refractivity contribution < 1.29 is 19.0 Å². The highest BCUT2D eigenvalue weighted by atomic mass is 19.1. The van der Waals surface area contributed by atoms with Crippen LogP contribution in [0.5, 0.6) is 5.75 Å². The van der Waals surface area contributed by atoms with Crippen molar-refractivity contribution in [1.82, 2.24) is 10.6 Å². The summed E-state index contributed by atoms with van der Waals surface area (Å²) < 4.78 is 18.3. The molecule has 0 aliphatic rings. The summed E-state index contributed by atoms with van der Waals surface area (Å²) in [6.45, 7) is 0.275. The molecule has 1 atom stereocenters. The van der Waals surface area contributed by atoms with Crippen LogP contribution >= 0.6 is 0 Å². The predicted molar refractivity (Wildman–Crippen MR) is 64.8 cm³/mol. The average molecular weight is 256 g/mol. The number of halogens is 1. The Balaban J connectivity index is 2.23. The maximum Gasteiger partial charge on any atom is 0.233 e. The van der Waals surface area contributed by atoms with E-state index in [0.717, 1.165) is 0 Å². The lowest BCUT2D eigenvalue weighted by molar-refractivity contribution is -0.119. The van der Waals surface area contributed by atoms with Crippen molar-refractivity contribution in [2.75, 3.05) is 26.7 Å². The molecule has 1 amide bonds. The summed E-state index contributed by atoms with van der Waals surface area (Å²) in [6, 6.07) is 5.98. The zero-order valence-electron chi connectivity index (χ0n) is 10.1. The second-order valence-corrected chi connectivity index (χ2v) is 3.70. The number of carbonyl (C=O) groups excluding carboxylic acids is 1. The molecular weight excluding hydrogens is 239 g/mol. The maximum absolute atomic E-state index is 13.2. The fraction of sp³-hybridized carbons (Fsp3) is 0.417. The summed E-state index contributed by atoms with van der Waals surface area (Å²) in [5.41, 5.74) is 0. The molecule has 0 radical (unpaired) electrons. The van der Waals surface area contributed by atoms with Crippen LogP contribution in [-0.4, -0.2) is 43.9 Å².